The summed E-state index contributed by atoms with van der Waals surface area (Å²) >= 11 is 0. The van der Waals surface area contributed by atoms with Crippen molar-refractivity contribution in [2.45, 2.75) is 51.4 Å². The first kappa shape index (κ1) is 27.7. The molecule has 0 saturated carbocycles. The number of piperidine rings is 1. The van der Waals surface area contributed by atoms with Crippen molar-refractivity contribution in [2.75, 3.05) is 40.4 Å². The fourth-order valence-corrected chi connectivity index (χ4v) is 5.96. The molecule has 2 aromatic carbocycles. The second-order valence-electron chi connectivity index (χ2n) is 11.1. The SMILES string of the molecule is COc1ccc(-c2cc(C(=O)N3CCC4(CCCCc5ccccc5OCCCC(=O)N(C)C4)CC3)on2)cc1. The van der Waals surface area contributed by atoms with Crippen LogP contribution in [0.25, 0.3) is 11.3 Å². The Morgan fingerprint density at radius 2 is 1.75 bits per heavy atom. The van der Waals surface area contributed by atoms with Crippen molar-refractivity contribution in [1.82, 2.24) is 15.0 Å². The number of carbonyl (C=O) groups is 2. The molecule has 8 heteroatoms. The summed E-state index contributed by atoms with van der Waals surface area (Å²) in [4.78, 5) is 30.0. The Labute approximate surface area is 236 Å². The van der Waals surface area contributed by atoms with Gasteiger partial charge in [-0.1, -0.05) is 29.8 Å². The van der Waals surface area contributed by atoms with Crippen molar-refractivity contribution in [2.24, 2.45) is 5.41 Å². The van der Waals surface area contributed by atoms with Crippen LogP contribution in [0.1, 0.15) is 61.1 Å². The van der Waals surface area contributed by atoms with Gasteiger partial charge in [0.25, 0.3) is 5.91 Å². The first-order valence-electron chi connectivity index (χ1n) is 14.3. The van der Waals surface area contributed by atoms with Crippen molar-refractivity contribution >= 4 is 11.8 Å². The zero-order chi connectivity index (χ0) is 28.0. The number of aryl methyl sites for hydroxylation is 1. The third-order valence-electron chi connectivity index (χ3n) is 8.38. The van der Waals surface area contributed by atoms with E-state index in [1.54, 1.807) is 13.2 Å². The Balaban J connectivity index is 1.24. The van der Waals surface area contributed by atoms with E-state index >= 15 is 0 Å². The van der Waals surface area contributed by atoms with Crippen molar-refractivity contribution in [3.63, 3.8) is 0 Å². The van der Waals surface area contributed by atoms with Crippen LogP contribution in [0.5, 0.6) is 11.5 Å². The number of benzene rings is 2. The third kappa shape index (κ3) is 6.49. The minimum absolute atomic E-state index is 0.00298. The second-order valence-corrected chi connectivity index (χ2v) is 11.1. The van der Waals surface area contributed by atoms with Gasteiger partial charge in [0.2, 0.25) is 11.7 Å². The fourth-order valence-electron chi connectivity index (χ4n) is 5.96. The smallest absolute Gasteiger partial charge is 0.292 e. The molecule has 2 aliphatic rings. The molecule has 1 aromatic heterocycles. The number of likely N-dealkylation sites (tertiary alicyclic amines) is 1. The van der Waals surface area contributed by atoms with Crippen molar-refractivity contribution in [1.29, 1.82) is 0 Å². The topological polar surface area (TPSA) is 85.1 Å². The van der Waals surface area contributed by atoms with E-state index in [9.17, 15) is 9.59 Å². The maximum absolute atomic E-state index is 13.3. The van der Waals surface area contributed by atoms with Crippen LogP contribution in [0.2, 0.25) is 0 Å². The zero-order valence-electron chi connectivity index (χ0n) is 23.6. The van der Waals surface area contributed by atoms with E-state index in [-0.39, 0.29) is 23.0 Å². The van der Waals surface area contributed by atoms with Gasteiger partial charge in [0.05, 0.1) is 13.7 Å². The molecule has 212 valence electrons. The molecule has 1 fully saturated rings. The van der Waals surface area contributed by atoms with Gasteiger partial charge in [-0.05, 0) is 79.8 Å². The zero-order valence-corrected chi connectivity index (χ0v) is 23.6. The number of fused-ring (bicyclic) bond motifs is 1. The summed E-state index contributed by atoms with van der Waals surface area (Å²) < 4.78 is 16.7. The van der Waals surface area contributed by atoms with E-state index in [1.165, 1.54) is 5.56 Å². The summed E-state index contributed by atoms with van der Waals surface area (Å²) in [5.41, 5.74) is 2.72. The molecule has 0 unspecified atom stereocenters. The van der Waals surface area contributed by atoms with Gasteiger partial charge in [-0.2, -0.15) is 0 Å². The normalized spacial score (nSPS) is 18.5. The van der Waals surface area contributed by atoms with Gasteiger partial charge in [0.1, 0.15) is 17.2 Å². The Kier molecular flexibility index (Phi) is 8.72. The van der Waals surface area contributed by atoms with E-state index in [0.717, 1.165) is 62.1 Å². The van der Waals surface area contributed by atoms with Crippen LogP contribution >= 0.6 is 0 Å². The Morgan fingerprint density at radius 3 is 2.52 bits per heavy atom. The first-order valence-corrected chi connectivity index (χ1v) is 14.3. The number of hydrogen-bond acceptors (Lipinski definition) is 6. The van der Waals surface area contributed by atoms with E-state index in [4.69, 9.17) is 14.0 Å². The Bertz CT molecular complexity index is 1290. The molecule has 1 saturated heterocycles. The van der Waals surface area contributed by atoms with Crippen LogP contribution in [0.3, 0.4) is 0 Å². The van der Waals surface area contributed by atoms with Gasteiger partial charge in [0.15, 0.2) is 0 Å². The molecule has 0 atom stereocenters. The molecule has 2 amide bonds. The number of ether oxygens (including phenoxy) is 2. The molecule has 3 heterocycles. The average Bonchev–Trinajstić information content (AvgIpc) is 3.48. The lowest BCUT2D eigenvalue weighted by atomic mass is 9.73. The van der Waals surface area contributed by atoms with Crippen LogP contribution in [-0.2, 0) is 11.2 Å². The number of para-hydroxylation sites is 1. The summed E-state index contributed by atoms with van der Waals surface area (Å²) in [5, 5.41) is 4.13. The first-order chi connectivity index (χ1) is 19.5. The van der Waals surface area contributed by atoms with Gasteiger partial charge >= 0.3 is 0 Å². The van der Waals surface area contributed by atoms with Crippen LogP contribution < -0.4 is 9.47 Å². The predicted octanol–water partition coefficient (Wildman–Crippen LogP) is 5.62. The molecular formula is C32H39N3O5. The quantitative estimate of drug-likeness (QED) is 0.425. The summed E-state index contributed by atoms with van der Waals surface area (Å²) in [6.07, 6.45) is 7.02. The number of rotatable bonds is 3. The van der Waals surface area contributed by atoms with Crippen LogP contribution in [0, 0.1) is 5.41 Å². The summed E-state index contributed by atoms with van der Waals surface area (Å²) in [7, 11) is 3.54. The highest BCUT2D eigenvalue weighted by Gasteiger charge is 2.38. The highest BCUT2D eigenvalue weighted by molar-refractivity contribution is 5.92. The van der Waals surface area contributed by atoms with Crippen LogP contribution in [-0.4, -0.2) is 67.2 Å². The second kappa shape index (κ2) is 12.6. The van der Waals surface area contributed by atoms with Gasteiger partial charge in [-0.25, -0.2) is 0 Å². The summed E-state index contributed by atoms with van der Waals surface area (Å²) in [6.45, 7) is 2.53. The third-order valence-corrected chi connectivity index (χ3v) is 8.38. The van der Waals surface area contributed by atoms with Gasteiger partial charge < -0.3 is 23.8 Å². The molecule has 0 N–H and O–H groups in total. The summed E-state index contributed by atoms with van der Waals surface area (Å²) in [5.74, 6) is 1.96. The number of nitrogens with zero attached hydrogens (tertiary/aromatic N) is 3. The lowest BCUT2D eigenvalue weighted by molar-refractivity contribution is -0.132. The molecule has 5 rings (SSSR count). The number of aromatic nitrogens is 1. The highest BCUT2D eigenvalue weighted by Crippen LogP contribution is 2.38. The van der Waals surface area contributed by atoms with Gasteiger partial charge in [-0.15, -0.1) is 0 Å². The molecule has 8 nitrogen and oxygen atoms in total. The molecule has 1 spiro atoms. The molecule has 0 bridgehead atoms. The number of hydrogen-bond donors (Lipinski definition) is 0. The number of carbonyl (C=O) groups excluding carboxylic acids is 2. The average molecular weight is 546 g/mol. The van der Waals surface area contributed by atoms with Crippen molar-refractivity contribution in [3.05, 3.63) is 65.9 Å². The van der Waals surface area contributed by atoms with E-state index in [1.807, 2.05) is 53.2 Å². The minimum Gasteiger partial charge on any atom is -0.497 e. The lowest BCUT2D eigenvalue weighted by Crippen LogP contribution is -2.48. The molecule has 40 heavy (non-hydrogen) atoms. The maximum atomic E-state index is 13.3. The van der Waals surface area contributed by atoms with Crippen LogP contribution in [0.15, 0.2) is 59.1 Å². The van der Waals surface area contributed by atoms with E-state index < -0.39 is 0 Å². The fraction of sp³-hybridized carbons (Fsp3) is 0.469. The molecule has 0 radical (unpaired) electrons. The molecular weight excluding hydrogens is 506 g/mol. The van der Waals surface area contributed by atoms with Crippen LogP contribution in [0.4, 0.5) is 0 Å². The number of methoxy groups -OCH3 is 1. The molecule has 3 aromatic rings. The molecule has 2 aliphatic heterocycles. The Morgan fingerprint density at radius 1 is 0.975 bits per heavy atom. The van der Waals surface area contributed by atoms with Crippen molar-refractivity contribution in [3.8, 4) is 22.8 Å². The largest absolute Gasteiger partial charge is 0.497 e. The Hall–Kier alpha value is -3.81. The standard InChI is InChI=1S/C32H39N3O5/c1-34-23-32(16-6-5-9-25-8-3-4-10-28(25)39-21-7-11-30(34)36)17-19-35(20-18-32)31(37)29-22-27(33-40-29)24-12-14-26(38-2)15-13-24/h3-4,8,10,12-15,22H,5-7,9,11,16-21,23H2,1-2H3. The summed E-state index contributed by atoms with van der Waals surface area (Å²) in [6, 6.07) is 17.5. The maximum Gasteiger partial charge on any atom is 0.292 e. The minimum atomic E-state index is -0.135. The number of amides is 2. The van der Waals surface area contributed by atoms with E-state index in [2.05, 4.69) is 17.3 Å². The van der Waals surface area contributed by atoms with E-state index in [0.29, 0.717) is 38.2 Å². The van der Waals surface area contributed by atoms with Gasteiger partial charge in [0, 0.05) is 44.7 Å². The lowest BCUT2D eigenvalue weighted by Gasteiger charge is -2.44. The monoisotopic (exact) mass is 545 g/mol. The molecule has 0 aliphatic carbocycles. The highest BCUT2D eigenvalue weighted by atomic mass is 16.5. The van der Waals surface area contributed by atoms with Crippen molar-refractivity contribution < 1.29 is 23.6 Å². The van der Waals surface area contributed by atoms with Gasteiger partial charge in [-0.3, -0.25) is 9.59 Å². The predicted molar refractivity (Wildman–Crippen MR) is 152 cm³/mol.